The SMILES string of the molecule is NOCc1cc(Oc2ncc(C(F)(F)F)cc2Cl)ccc1[N+](=O)[O-]. The molecule has 0 spiro atoms. The summed E-state index contributed by atoms with van der Waals surface area (Å²) in [5.74, 6) is 4.70. The van der Waals surface area contributed by atoms with Crippen LogP contribution >= 0.6 is 11.6 Å². The second-order valence-corrected chi connectivity index (χ2v) is 4.88. The fourth-order valence-electron chi connectivity index (χ4n) is 1.78. The van der Waals surface area contributed by atoms with E-state index in [0.717, 1.165) is 6.07 Å². The monoisotopic (exact) mass is 363 g/mol. The first-order valence-corrected chi connectivity index (χ1v) is 6.59. The maximum Gasteiger partial charge on any atom is 0.417 e. The number of halogens is 4. The molecule has 0 saturated heterocycles. The summed E-state index contributed by atoms with van der Waals surface area (Å²) in [7, 11) is 0. The van der Waals surface area contributed by atoms with Gasteiger partial charge in [0, 0.05) is 12.3 Å². The van der Waals surface area contributed by atoms with E-state index in [2.05, 4.69) is 9.82 Å². The van der Waals surface area contributed by atoms with Gasteiger partial charge in [0.1, 0.15) is 10.8 Å². The summed E-state index contributed by atoms with van der Waals surface area (Å²) in [5.41, 5.74) is -1.16. The van der Waals surface area contributed by atoms with Crippen molar-refractivity contribution < 1.29 is 27.7 Å². The van der Waals surface area contributed by atoms with Crippen LogP contribution in [0.25, 0.3) is 0 Å². The molecule has 11 heteroatoms. The predicted molar refractivity (Wildman–Crippen MR) is 76.4 cm³/mol. The first kappa shape index (κ1) is 17.9. The van der Waals surface area contributed by atoms with Crippen molar-refractivity contribution in [2.24, 2.45) is 5.90 Å². The van der Waals surface area contributed by atoms with Crippen molar-refractivity contribution in [2.75, 3.05) is 0 Å². The van der Waals surface area contributed by atoms with Crippen LogP contribution < -0.4 is 10.6 Å². The number of hydrogen-bond donors (Lipinski definition) is 1. The Bertz CT molecular complexity index is 771. The van der Waals surface area contributed by atoms with Crippen molar-refractivity contribution in [1.82, 2.24) is 4.98 Å². The molecule has 2 aromatic rings. The van der Waals surface area contributed by atoms with Crippen molar-refractivity contribution in [1.29, 1.82) is 0 Å². The second kappa shape index (κ2) is 6.99. The zero-order chi connectivity index (χ0) is 17.9. The predicted octanol–water partition coefficient (Wildman–Crippen LogP) is 3.84. The molecule has 0 unspecified atom stereocenters. The van der Waals surface area contributed by atoms with Gasteiger partial charge in [0.15, 0.2) is 0 Å². The molecule has 0 fully saturated rings. The van der Waals surface area contributed by atoms with Crippen LogP contribution in [0.4, 0.5) is 18.9 Å². The van der Waals surface area contributed by atoms with Crippen LogP contribution in [-0.4, -0.2) is 9.91 Å². The van der Waals surface area contributed by atoms with Crippen molar-refractivity contribution in [2.45, 2.75) is 12.8 Å². The van der Waals surface area contributed by atoms with Crippen molar-refractivity contribution >= 4 is 17.3 Å². The van der Waals surface area contributed by atoms with E-state index in [9.17, 15) is 23.3 Å². The Balaban J connectivity index is 2.31. The fourth-order valence-corrected chi connectivity index (χ4v) is 1.98. The van der Waals surface area contributed by atoms with Gasteiger partial charge in [0.2, 0.25) is 5.88 Å². The van der Waals surface area contributed by atoms with Gasteiger partial charge >= 0.3 is 6.18 Å². The Morgan fingerprint density at radius 2 is 2.04 bits per heavy atom. The van der Waals surface area contributed by atoms with E-state index in [0.29, 0.717) is 12.3 Å². The van der Waals surface area contributed by atoms with Gasteiger partial charge in [-0.2, -0.15) is 13.2 Å². The van der Waals surface area contributed by atoms with Crippen LogP contribution in [0.15, 0.2) is 30.5 Å². The van der Waals surface area contributed by atoms with Crippen molar-refractivity contribution in [3.63, 3.8) is 0 Å². The summed E-state index contributed by atoms with van der Waals surface area (Å²) in [6, 6.07) is 4.30. The van der Waals surface area contributed by atoms with Crippen molar-refractivity contribution in [3.05, 3.63) is 56.7 Å². The Hall–Kier alpha value is -2.43. The maximum atomic E-state index is 12.6. The third kappa shape index (κ3) is 4.10. The largest absolute Gasteiger partial charge is 0.438 e. The summed E-state index contributed by atoms with van der Waals surface area (Å²) < 4.78 is 42.9. The van der Waals surface area contributed by atoms with E-state index in [4.69, 9.17) is 22.2 Å². The molecule has 24 heavy (non-hydrogen) atoms. The molecule has 0 aliphatic rings. The van der Waals surface area contributed by atoms with E-state index in [1.54, 1.807) is 0 Å². The number of hydrogen-bond acceptors (Lipinski definition) is 6. The third-order valence-electron chi connectivity index (χ3n) is 2.84. The van der Waals surface area contributed by atoms with Gasteiger partial charge in [0.25, 0.3) is 5.69 Å². The van der Waals surface area contributed by atoms with Crippen LogP contribution in [0.5, 0.6) is 11.6 Å². The topological polar surface area (TPSA) is 101 Å². The Kier molecular flexibility index (Phi) is 5.22. The van der Waals surface area contributed by atoms with E-state index in [1.807, 2.05) is 0 Å². The first-order valence-electron chi connectivity index (χ1n) is 6.22. The molecule has 0 saturated carbocycles. The Morgan fingerprint density at radius 1 is 1.33 bits per heavy atom. The average Bonchev–Trinajstić information content (AvgIpc) is 2.48. The number of pyridine rings is 1. The molecule has 1 aromatic carbocycles. The molecule has 1 heterocycles. The number of nitrogens with zero attached hydrogens (tertiary/aromatic N) is 2. The lowest BCUT2D eigenvalue weighted by Gasteiger charge is -2.11. The third-order valence-corrected chi connectivity index (χ3v) is 3.11. The molecule has 0 atom stereocenters. The summed E-state index contributed by atoms with van der Waals surface area (Å²) in [6.07, 6.45) is -4.02. The highest BCUT2D eigenvalue weighted by Crippen LogP contribution is 2.35. The molecule has 0 bridgehead atoms. The molecule has 0 radical (unpaired) electrons. The molecule has 2 N–H and O–H groups in total. The van der Waals surface area contributed by atoms with Crippen LogP contribution in [-0.2, 0) is 17.6 Å². The van der Waals surface area contributed by atoms with Crippen LogP contribution in [0.3, 0.4) is 0 Å². The highest BCUT2D eigenvalue weighted by atomic mass is 35.5. The first-order chi connectivity index (χ1) is 11.2. The summed E-state index contributed by atoms with van der Waals surface area (Å²) in [6.45, 7) is -0.262. The molecule has 2 rings (SSSR count). The smallest absolute Gasteiger partial charge is 0.417 e. The molecule has 0 aliphatic heterocycles. The number of benzene rings is 1. The number of ether oxygens (including phenoxy) is 1. The molecule has 1 aromatic heterocycles. The van der Waals surface area contributed by atoms with E-state index in [1.165, 1.54) is 12.1 Å². The lowest BCUT2D eigenvalue weighted by molar-refractivity contribution is -0.386. The minimum absolute atomic E-state index is 0.0711. The van der Waals surface area contributed by atoms with Gasteiger partial charge < -0.3 is 4.74 Å². The Labute approximate surface area is 137 Å². The van der Waals surface area contributed by atoms with Gasteiger partial charge in [-0.3, -0.25) is 15.0 Å². The lowest BCUT2D eigenvalue weighted by atomic mass is 10.2. The van der Waals surface area contributed by atoms with Crippen LogP contribution in [0.2, 0.25) is 5.02 Å². The number of aromatic nitrogens is 1. The standard InChI is InChI=1S/C13H9ClF3N3O4/c14-10-4-8(13(15,16)17)5-19-12(10)24-9-1-2-11(20(21)22)7(3-9)6-23-18/h1-5H,6,18H2. The molecule has 0 amide bonds. The van der Waals surface area contributed by atoms with Gasteiger partial charge in [-0.25, -0.2) is 10.9 Å². The quantitative estimate of drug-likeness (QED) is 0.639. The molecular formula is C13H9ClF3N3O4. The van der Waals surface area contributed by atoms with Crippen LogP contribution in [0, 0.1) is 10.1 Å². The minimum atomic E-state index is -4.59. The summed E-state index contributed by atoms with van der Waals surface area (Å²) >= 11 is 5.73. The van der Waals surface area contributed by atoms with E-state index >= 15 is 0 Å². The molecule has 128 valence electrons. The number of nitrogens with two attached hydrogens (primary N) is 1. The lowest BCUT2D eigenvalue weighted by Crippen LogP contribution is -2.06. The fraction of sp³-hybridized carbons (Fsp3) is 0.154. The number of alkyl halides is 3. The van der Waals surface area contributed by atoms with Gasteiger partial charge in [-0.1, -0.05) is 11.6 Å². The zero-order valence-electron chi connectivity index (χ0n) is 11.7. The van der Waals surface area contributed by atoms with Gasteiger partial charge in [-0.15, -0.1) is 0 Å². The highest BCUT2D eigenvalue weighted by Gasteiger charge is 2.31. The van der Waals surface area contributed by atoms with Gasteiger partial charge in [0.05, 0.1) is 22.7 Å². The number of nitro benzene ring substituents is 1. The summed E-state index contributed by atoms with van der Waals surface area (Å²) in [5, 5.41) is 10.5. The van der Waals surface area contributed by atoms with Crippen LogP contribution in [0.1, 0.15) is 11.1 Å². The average molecular weight is 364 g/mol. The summed E-state index contributed by atoms with van der Waals surface area (Å²) in [4.78, 5) is 18.1. The molecular weight excluding hydrogens is 355 g/mol. The number of rotatable bonds is 5. The second-order valence-electron chi connectivity index (χ2n) is 4.47. The minimum Gasteiger partial charge on any atom is -0.438 e. The van der Waals surface area contributed by atoms with Crippen molar-refractivity contribution in [3.8, 4) is 11.6 Å². The maximum absolute atomic E-state index is 12.6. The highest BCUT2D eigenvalue weighted by molar-refractivity contribution is 6.31. The van der Waals surface area contributed by atoms with E-state index < -0.39 is 16.7 Å². The zero-order valence-corrected chi connectivity index (χ0v) is 12.5. The number of nitro groups is 1. The molecule has 0 aliphatic carbocycles. The normalized spacial score (nSPS) is 11.4. The van der Waals surface area contributed by atoms with Gasteiger partial charge in [-0.05, 0) is 18.2 Å². The molecule has 7 nitrogen and oxygen atoms in total. The van der Waals surface area contributed by atoms with E-state index in [-0.39, 0.29) is 34.5 Å². The Morgan fingerprint density at radius 3 is 2.58 bits per heavy atom.